The van der Waals surface area contributed by atoms with Gasteiger partial charge in [0.25, 0.3) is 5.91 Å². The molecule has 22 heavy (non-hydrogen) atoms. The highest BCUT2D eigenvalue weighted by Crippen LogP contribution is 2.15. The van der Waals surface area contributed by atoms with Gasteiger partial charge in [0, 0.05) is 25.3 Å². The number of aromatic nitrogens is 2. The summed E-state index contributed by atoms with van der Waals surface area (Å²) in [7, 11) is 1.76. The molecule has 0 aliphatic heterocycles. The smallest absolute Gasteiger partial charge is 0.272 e. The van der Waals surface area contributed by atoms with Gasteiger partial charge in [0.1, 0.15) is 23.7 Å². The second kappa shape index (κ2) is 7.49. The lowest BCUT2D eigenvalue weighted by molar-refractivity contribution is 0.0787. The van der Waals surface area contributed by atoms with E-state index in [0.29, 0.717) is 23.7 Å². The Morgan fingerprint density at radius 2 is 2.00 bits per heavy atom. The molecular formula is C16H19FN4O. The molecule has 116 valence electrons. The van der Waals surface area contributed by atoms with Crippen molar-refractivity contribution in [3.63, 3.8) is 0 Å². The van der Waals surface area contributed by atoms with Crippen molar-refractivity contribution in [2.75, 3.05) is 18.9 Å². The molecule has 6 heteroatoms. The summed E-state index contributed by atoms with van der Waals surface area (Å²) in [6.07, 6.45) is 3.32. The number of unbranched alkanes of at least 4 members (excludes halogenated alkanes) is 1. The number of rotatable bonds is 6. The fraction of sp³-hybridized carbons (Fsp3) is 0.312. The molecule has 5 nitrogen and oxygen atoms in total. The highest BCUT2D eigenvalue weighted by molar-refractivity contribution is 5.92. The second-order valence-electron chi connectivity index (χ2n) is 5.00. The van der Waals surface area contributed by atoms with E-state index in [1.807, 2.05) is 0 Å². The summed E-state index contributed by atoms with van der Waals surface area (Å²) < 4.78 is 12.9. The summed E-state index contributed by atoms with van der Waals surface area (Å²) in [5.74, 6) is 0.0495. The number of nitrogens with one attached hydrogen (secondary N) is 1. The highest BCUT2D eigenvalue weighted by atomic mass is 19.1. The van der Waals surface area contributed by atoms with Crippen LogP contribution in [0.3, 0.4) is 0 Å². The fourth-order valence-electron chi connectivity index (χ4n) is 1.92. The van der Waals surface area contributed by atoms with Gasteiger partial charge in [0.2, 0.25) is 0 Å². The van der Waals surface area contributed by atoms with Crippen molar-refractivity contribution in [3.8, 4) is 0 Å². The molecule has 0 fully saturated rings. The maximum Gasteiger partial charge on any atom is 0.272 e. The van der Waals surface area contributed by atoms with Gasteiger partial charge in [0.15, 0.2) is 0 Å². The van der Waals surface area contributed by atoms with E-state index in [4.69, 9.17) is 0 Å². The number of carbonyl (C=O) groups is 1. The minimum atomic E-state index is -0.304. The van der Waals surface area contributed by atoms with Crippen molar-refractivity contribution in [3.05, 3.63) is 48.2 Å². The number of amides is 1. The first-order valence-corrected chi connectivity index (χ1v) is 7.20. The van der Waals surface area contributed by atoms with Crippen molar-refractivity contribution in [2.45, 2.75) is 19.8 Å². The van der Waals surface area contributed by atoms with Gasteiger partial charge < -0.3 is 10.2 Å². The summed E-state index contributed by atoms with van der Waals surface area (Å²) in [6.45, 7) is 2.77. The van der Waals surface area contributed by atoms with Gasteiger partial charge in [-0.15, -0.1) is 0 Å². The maximum absolute atomic E-state index is 12.9. The fourth-order valence-corrected chi connectivity index (χ4v) is 1.92. The predicted molar refractivity (Wildman–Crippen MR) is 83.6 cm³/mol. The van der Waals surface area contributed by atoms with Gasteiger partial charge >= 0.3 is 0 Å². The van der Waals surface area contributed by atoms with E-state index in [1.54, 1.807) is 30.1 Å². The molecule has 2 aromatic rings. The summed E-state index contributed by atoms with van der Waals surface area (Å²) in [4.78, 5) is 22.0. The van der Waals surface area contributed by atoms with Crippen LogP contribution in [-0.4, -0.2) is 34.4 Å². The highest BCUT2D eigenvalue weighted by Gasteiger charge is 2.13. The summed E-state index contributed by atoms with van der Waals surface area (Å²) in [5, 5.41) is 3.02. The van der Waals surface area contributed by atoms with Crippen molar-refractivity contribution < 1.29 is 9.18 Å². The largest absolute Gasteiger partial charge is 0.340 e. The third-order valence-electron chi connectivity index (χ3n) is 3.20. The van der Waals surface area contributed by atoms with Crippen LogP contribution in [0.1, 0.15) is 30.3 Å². The molecule has 0 bridgehead atoms. The van der Waals surface area contributed by atoms with E-state index in [1.165, 1.54) is 18.5 Å². The number of benzene rings is 1. The zero-order valence-electron chi connectivity index (χ0n) is 12.7. The molecule has 1 amide bonds. The Morgan fingerprint density at radius 1 is 1.27 bits per heavy atom. The molecule has 0 saturated carbocycles. The maximum atomic E-state index is 12.9. The number of carbonyl (C=O) groups excluding carboxylic acids is 1. The van der Waals surface area contributed by atoms with Gasteiger partial charge in [-0.3, -0.25) is 4.79 Å². The van der Waals surface area contributed by atoms with Gasteiger partial charge in [-0.05, 0) is 30.7 Å². The Balaban J connectivity index is 2.09. The lowest BCUT2D eigenvalue weighted by Gasteiger charge is -2.16. The molecule has 1 heterocycles. The predicted octanol–water partition coefficient (Wildman–Crippen LogP) is 3.23. The molecule has 1 aromatic heterocycles. The molecule has 0 radical (unpaired) electrons. The Hall–Kier alpha value is -2.50. The van der Waals surface area contributed by atoms with Crippen LogP contribution in [0.25, 0.3) is 0 Å². The van der Waals surface area contributed by atoms with Crippen LogP contribution in [-0.2, 0) is 0 Å². The molecule has 1 aromatic carbocycles. The number of hydrogen-bond acceptors (Lipinski definition) is 4. The van der Waals surface area contributed by atoms with Gasteiger partial charge in [0.05, 0.1) is 0 Å². The first kappa shape index (κ1) is 15.9. The van der Waals surface area contributed by atoms with E-state index in [0.717, 1.165) is 12.8 Å². The molecule has 2 rings (SSSR count). The van der Waals surface area contributed by atoms with Crippen molar-refractivity contribution >= 4 is 17.4 Å². The first-order chi connectivity index (χ1) is 10.6. The average molecular weight is 302 g/mol. The van der Waals surface area contributed by atoms with Crippen molar-refractivity contribution in [2.24, 2.45) is 0 Å². The Kier molecular flexibility index (Phi) is 5.41. The van der Waals surface area contributed by atoms with Crippen LogP contribution in [0.15, 0.2) is 36.7 Å². The van der Waals surface area contributed by atoms with Crippen molar-refractivity contribution in [1.29, 1.82) is 0 Å². The average Bonchev–Trinajstić information content (AvgIpc) is 2.54. The minimum absolute atomic E-state index is 0.141. The van der Waals surface area contributed by atoms with Crippen LogP contribution in [0.4, 0.5) is 15.9 Å². The number of hydrogen-bond donors (Lipinski definition) is 1. The quantitative estimate of drug-likeness (QED) is 0.890. The molecule has 0 saturated heterocycles. The van der Waals surface area contributed by atoms with Gasteiger partial charge in [-0.25, -0.2) is 14.4 Å². The molecule has 0 atom stereocenters. The number of anilines is 2. The zero-order valence-corrected chi connectivity index (χ0v) is 12.7. The molecule has 0 aliphatic carbocycles. The van der Waals surface area contributed by atoms with E-state index in [9.17, 15) is 9.18 Å². The number of nitrogens with zero attached hydrogens (tertiary/aromatic N) is 3. The third kappa shape index (κ3) is 4.25. The van der Waals surface area contributed by atoms with Crippen LogP contribution in [0.2, 0.25) is 0 Å². The van der Waals surface area contributed by atoms with E-state index >= 15 is 0 Å². The zero-order chi connectivity index (χ0) is 15.9. The van der Waals surface area contributed by atoms with E-state index in [2.05, 4.69) is 22.2 Å². The van der Waals surface area contributed by atoms with Crippen LogP contribution in [0.5, 0.6) is 0 Å². The number of halogens is 1. The second-order valence-corrected chi connectivity index (χ2v) is 5.00. The molecule has 0 unspecified atom stereocenters. The van der Waals surface area contributed by atoms with E-state index < -0.39 is 0 Å². The third-order valence-corrected chi connectivity index (χ3v) is 3.20. The topological polar surface area (TPSA) is 58.1 Å². The Morgan fingerprint density at radius 3 is 2.68 bits per heavy atom. The van der Waals surface area contributed by atoms with Crippen LogP contribution in [0, 0.1) is 5.82 Å². The lowest BCUT2D eigenvalue weighted by atomic mass is 10.3. The van der Waals surface area contributed by atoms with Crippen LogP contribution >= 0.6 is 0 Å². The Bertz CT molecular complexity index is 630. The van der Waals surface area contributed by atoms with Crippen molar-refractivity contribution in [1.82, 2.24) is 14.9 Å². The molecule has 0 aliphatic rings. The molecular weight excluding hydrogens is 283 g/mol. The van der Waals surface area contributed by atoms with Gasteiger partial charge in [-0.2, -0.15) is 0 Å². The lowest BCUT2D eigenvalue weighted by Crippen LogP contribution is -2.28. The molecule has 0 spiro atoms. The monoisotopic (exact) mass is 302 g/mol. The Labute approximate surface area is 129 Å². The van der Waals surface area contributed by atoms with Crippen LogP contribution < -0.4 is 5.32 Å². The molecule has 1 N–H and O–H groups in total. The SMILES string of the molecule is CCCCN(C)C(=O)c1cc(Nc2ccc(F)cc2)ncn1. The summed E-state index contributed by atoms with van der Waals surface area (Å²) >= 11 is 0. The van der Waals surface area contributed by atoms with E-state index in [-0.39, 0.29) is 11.7 Å². The standard InChI is InChI=1S/C16H19FN4O/c1-3-4-9-21(2)16(22)14-10-15(19-11-18-14)20-13-7-5-12(17)6-8-13/h5-8,10-11H,3-4,9H2,1-2H3,(H,18,19,20). The minimum Gasteiger partial charge on any atom is -0.340 e. The summed E-state index contributed by atoms with van der Waals surface area (Å²) in [6, 6.07) is 7.51. The normalized spacial score (nSPS) is 10.3. The summed E-state index contributed by atoms with van der Waals surface area (Å²) in [5.41, 5.74) is 1.02. The van der Waals surface area contributed by atoms with Gasteiger partial charge in [-0.1, -0.05) is 13.3 Å². The first-order valence-electron chi connectivity index (χ1n) is 7.20.